The molecule has 16 heavy (non-hydrogen) atoms. The molecule has 0 spiro atoms. The smallest absolute Gasteiger partial charge is 0.0602 e. The first-order chi connectivity index (χ1) is 7.95. The predicted molar refractivity (Wildman–Crippen MR) is 65.2 cm³/mol. The molecule has 90 valence electrons. The molecule has 2 aliphatic heterocycles. The van der Waals surface area contributed by atoms with Crippen LogP contribution in [0.3, 0.4) is 0 Å². The largest absolute Gasteiger partial charge is 0.381 e. The van der Waals surface area contributed by atoms with E-state index in [0.29, 0.717) is 5.92 Å². The summed E-state index contributed by atoms with van der Waals surface area (Å²) in [6, 6.07) is 0. The summed E-state index contributed by atoms with van der Waals surface area (Å²) in [5.74, 6) is 7.29. The maximum atomic E-state index is 5.44. The van der Waals surface area contributed by atoms with Crippen LogP contribution in [0.4, 0.5) is 0 Å². The minimum absolute atomic E-state index is 0.685. The molecule has 0 aromatic rings. The topological polar surface area (TPSA) is 24.5 Å². The summed E-state index contributed by atoms with van der Waals surface area (Å²) in [5.41, 5.74) is 0. The molecule has 0 amide bonds. The Hall–Kier alpha value is -0.560. The van der Waals surface area contributed by atoms with Crippen molar-refractivity contribution < 1.29 is 4.74 Å². The lowest BCUT2D eigenvalue weighted by molar-refractivity contribution is 0.0567. The summed E-state index contributed by atoms with van der Waals surface area (Å²) in [6.45, 7) is 7.31. The highest BCUT2D eigenvalue weighted by atomic mass is 16.5. The van der Waals surface area contributed by atoms with Crippen LogP contribution in [-0.2, 0) is 4.74 Å². The van der Waals surface area contributed by atoms with Crippen molar-refractivity contribution in [1.82, 2.24) is 10.2 Å². The number of hydrogen-bond acceptors (Lipinski definition) is 3. The van der Waals surface area contributed by atoms with Crippen LogP contribution >= 0.6 is 0 Å². The van der Waals surface area contributed by atoms with Crippen molar-refractivity contribution in [2.45, 2.75) is 19.3 Å². The van der Waals surface area contributed by atoms with Gasteiger partial charge >= 0.3 is 0 Å². The number of piperazine rings is 1. The second-order valence-electron chi connectivity index (χ2n) is 4.67. The highest BCUT2D eigenvalue weighted by Crippen LogP contribution is 2.15. The fraction of sp³-hybridized carbons (Fsp3) is 0.846. The van der Waals surface area contributed by atoms with Crippen LogP contribution in [-0.4, -0.2) is 50.8 Å². The first kappa shape index (κ1) is 11.9. The van der Waals surface area contributed by atoms with Crippen molar-refractivity contribution in [3.8, 4) is 11.8 Å². The van der Waals surface area contributed by atoms with Gasteiger partial charge < -0.3 is 10.1 Å². The zero-order valence-electron chi connectivity index (χ0n) is 10.0. The second kappa shape index (κ2) is 6.90. The third kappa shape index (κ3) is 4.13. The van der Waals surface area contributed by atoms with Gasteiger partial charge in [-0.3, -0.25) is 4.90 Å². The van der Waals surface area contributed by atoms with Crippen LogP contribution in [0.15, 0.2) is 0 Å². The van der Waals surface area contributed by atoms with E-state index in [2.05, 4.69) is 22.1 Å². The monoisotopic (exact) mass is 222 g/mol. The van der Waals surface area contributed by atoms with E-state index in [1.165, 1.54) is 12.8 Å². The molecule has 2 saturated heterocycles. The summed E-state index contributed by atoms with van der Waals surface area (Å²) in [5, 5.41) is 3.35. The Balaban J connectivity index is 1.61. The first-order valence-electron chi connectivity index (χ1n) is 6.41. The maximum absolute atomic E-state index is 5.44. The van der Waals surface area contributed by atoms with Crippen LogP contribution in [0.2, 0.25) is 0 Å². The molecular formula is C13H22N2O. The van der Waals surface area contributed by atoms with Gasteiger partial charge in [0.2, 0.25) is 0 Å². The molecule has 1 unspecified atom stereocenters. The van der Waals surface area contributed by atoms with Gasteiger partial charge in [-0.25, -0.2) is 0 Å². The van der Waals surface area contributed by atoms with Crippen LogP contribution < -0.4 is 5.32 Å². The van der Waals surface area contributed by atoms with Crippen molar-refractivity contribution in [1.29, 1.82) is 0 Å². The molecule has 2 rings (SSSR count). The Labute approximate surface area is 98.5 Å². The summed E-state index contributed by atoms with van der Waals surface area (Å²) in [6.07, 6.45) is 3.53. The minimum atomic E-state index is 0.685. The molecule has 2 aliphatic rings. The predicted octanol–water partition coefficient (Wildman–Crippen LogP) is 0.712. The normalized spacial score (nSPS) is 27.1. The van der Waals surface area contributed by atoms with Gasteiger partial charge in [0.1, 0.15) is 0 Å². The number of nitrogens with one attached hydrogen (secondary N) is 1. The van der Waals surface area contributed by atoms with Crippen LogP contribution in [0, 0.1) is 17.8 Å². The van der Waals surface area contributed by atoms with Gasteiger partial charge in [-0.05, 0) is 18.8 Å². The molecule has 0 radical (unpaired) electrons. The Morgan fingerprint density at radius 1 is 1.25 bits per heavy atom. The Bertz CT molecular complexity index is 220. The summed E-state index contributed by atoms with van der Waals surface area (Å²) < 4.78 is 5.44. The van der Waals surface area contributed by atoms with Crippen molar-refractivity contribution in [3.63, 3.8) is 0 Å². The van der Waals surface area contributed by atoms with Crippen molar-refractivity contribution in [2.75, 3.05) is 45.9 Å². The quantitative estimate of drug-likeness (QED) is 0.697. The van der Waals surface area contributed by atoms with Crippen molar-refractivity contribution in [3.05, 3.63) is 0 Å². The van der Waals surface area contributed by atoms with Crippen molar-refractivity contribution >= 4 is 0 Å². The molecule has 1 N–H and O–H groups in total. The van der Waals surface area contributed by atoms with E-state index in [1.807, 2.05) is 0 Å². The third-order valence-corrected chi connectivity index (χ3v) is 3.28. The summed E-state index contributed by atoms with van der Waals surface area (Å²) in [7, 11) is 0. The van der Waals surface area contributed by atoms with E-state index in [4.69, 9.17) is 4.74 Å². The van der Waals surface area contributed by atoms with E-state index < -0.39 is 0 Å². The SMILES string of the molecule is C(#CCN1CCNCC1)CC1CCCOC1. The third-order valence-electron chi connectivity index (χ3n) is 3.28. The van der Waals surface area contributed by atoms with E-state index in [9.17, 15) is 0 Å². The number of hydrogen-bond donors (Lipinski definition) is 1. The summed E-state index contributed by atoms with van der Waals surface area (Å²) >= 11 is 0. The molecule has 2 heterocycles. The van der Waals surface area contributed by atoms with E-state index >= 15 is 0 Å². The second-order valence-corrected chi connectivity index (χ2v) is 4.67. The molecule has 3 nitrogen and oxygen atoms in total. The van der Waals surface area contributed by atoms with Gasteiger partial charge in [-0.2, -0.15) is 0 Å². The first-order valence-corrected chi connectivity index (χ1v) is 6.41. The number of ether oxygens (including phenoxy) is 1. The van der Waals surface area contributed by atoms with Gasteiger partial charge in [0, 0.05) is 39.2 Å². The van der Waals surface area contributed by atoms with E-state index in [0.717, 1.165) is 52.4 Å². The van der Waals surface area contributed by atoms with Gasteiger partial charge in [0.05, 0.1) is 13.2 Å². The van der Waals surface area contributed by atoms with Crippen molar-refractivity contribution in [2.24, 2.45) is 5.92 Å². The zero-order chi connectivity index (χ0) is 11.1. The van der Waals surface area contributed by atoms with Gasteiger partial charge in [-0.15, -0.1) is 5.92 Å². The Kier molecular flexibility index (Phi) is 5.14. The van der Waals surface area contributed by atoms with Crippen LogP contribution in [0.25, 0.3) is 0 Å². The molecule has 0 bridgehead atoms. The molecule has 0 aromatic heterocycles. The fourth-order valence-electron chi connectivity index (χ4n) is 2.22. The molecule has 0 aromatic carbocycles. The Morgan fingerprint density at radius 2 is 2.12 bits per heavy atom. The number of rotatable bonds is 2. The molecule has 2 fully saturated rings. The van der Waals surface area contributed by atoms with E-state index in [-0.39, 0.29) is 0 Å². The van der Waals surface area contributed by atoms with E-state index in [1.54, 1.807) is 0 Å². The standard InChI is InChI=1S/C13H22N2O/c1(4-13-5-3-11-16-12-13)2-8-15-9-6-14-7-10-15/h13-14H,3-12H2. The fourth-order valence-corrected chi connectivity index (χ4v) is 2.22. The highest BCUT2D eigenvalue weighted by molar-refractivity contribution is 5.02. The van der Waals surface area contributed by atoms with Crippen LogP contribution in [0.5, 0.6) is 0 Å². The lowest BCUT2D eigenvalue weighted by Crippen LogP contribution is -2.43. The molecule has 3 heteroatoms. The van der Waals surface area contributed by atoms with Gasteiger partial charge in [-0.1, -0.05) is 5.92 Å². The molecule has 0 saturated carbocycles. The van der Waals surface area contributed by atoms with Gasteiger partial charge in [0.15, 0.2) is 0 Å². The minimum Gasteiger partial charge on any atom is -0.381 e. The molecular weight excluding hydrogens is 200 g/mol. The average Bonchev–Trinajstić information content (AvgIpc) is 2.37. The highest BCUT2D eigenvalue weighted by Gasteiger charge is 2.12. The van der Waals surface area contributed by atoms with Gasteiger partial charge in [0.25, 0.3) is 0 Å². The average molecular weight is 222 g/mol. The Morgan fingerprint density at radius 3 is 2.88 bits per heavy atom. The molecule has 0 aliphatic carbocycles. The zero-order valence-corrected chi connectivity index (χ0v) is 10.0. The number of nitrogens with zero attached hydrogens (tertiary/aromatic N) is 1. The maximum Gasteiger partial charge on any atom is 0.0602 e. The lowest BCUT2D eigenvalue weighted by atomic mass is 9.99. The summed E-state index contributed by atoms with van der Waals surface area (Å²) in [4.78, 5) is 2.42. The molecule has 1 atom stereocenters. The lowest BCUT2D eigenvalue weighted by Gasteiger charge is -2.24. The van der Waals surface area contributed by atoms with Crippen LogP contribution in [0.1, 0.15) is 19.3 Å².